The molecule has 0 aromatic carbocycles. The van der Waals surface area contributed by atoms with E-state index in [1.54, 1.807) is 0 Å². The quantitative estimate of drug-likeness (QED) is 0.239. The Bertz CT molecular complexity index is 163. The van der Waals surface area contributed by atoms with E-state index in [0.29, 0.717) is 0 Å². The van der Waals surface area contributed by atoms with Crippen LogP contribution in [0.4, 0.5) is 0 Å². The summed E-state index contributed by atoms with van der Waals surface area (Å²) in [7, 11) is 0. The van der Waals surface area contributed by atoms with E-state index in [2.05, 4.69) is 0 Å². The van der Waals surface area contributed by atoms with E-state index in [-0.39, 0.29) is 18.9 Å². The van der Waals surface area contributed by atoms with E-state index < -0.39 is 24.1 Å². The predicted molar refractivity (Wildman–Crippen MR) is 22.3 cm³/mol. The largest absolute Gasteiger partial charge is 1.00 e. The molecule has 0 saturated heterocycles. The summed E-state index contributed by atoms with van der Waals surface area (Å²) in [6.07, 6.45) is -1.06. The summed E-state index contributed by atoms with van der Waals surface area (Å²) in [6.45, 7) is 0. The summed E-state index contributed by atoms with van der Waals surface area (Å²) in [4.78, 5) is 29.0. The summed E-state index contributed by atoms with van der Waals surface area (Å²) in [6, 6.07) is 0. The number of carbonyl (C=O) groups is 3. The molecular weight excluding hydrogens is 135 g/mol. The van der Waals surface area contributed by atoms with Crippen LogP contribution in [-0.2, 0) is 14.4 Å². The predicted octanol–water partition coefficient (Wildman–Crippen LogP) is -5.22. The number of rotatable bonds is 3. The smallest absolute Gasteiger partial charge is 0.550 e. The van der Waals surface area contributed by atoms with E-state index in [0.717, 1.165) is 0 Å². The van der Waals surface area contributed by atoms with Gasteiger partial charge in [-0.05, 0) is 0 Å². The molecule has 6 heteroatoms. The SMILES string of the molecule is O=C([O-])CC(=O)C(=O)O.[Li+]. The second-order valence-electron chi connectivity index (χ2n) is 1.28. The van der Waals surface area contributed by atoms with Crippen molar-refractivity contribution in [1.29, 1.82) is 0 Å². The van der Waals surface area contributed by atoms with Crippen molar-refractivity contribution in [3.8, 4) is 0 Å². The molecule has 0 aliphatic carbocycles. The maximum Gasteiger partial charge on any atom is 1.00 e. The number of hydrogen-bond acceptors (Lipinski definition) is 4. The zero-order valence-corrected chi connectivity index (χ0v) is 5.29. The van der Waals surface area contributed by atoms with Crippen LogP contribution in [-0.4, -0.2) is 22.8 Å². The van der Waals surface area contributed by atoms with E-state index in [1.165, 1.54) is 0 Å². The van der Waals surface area contributed by atoms with E-state index in [9.17, 15) is 19.5 Å². The van der Waals surface area contributed by atoms with Gasteiger partial charge in [0.25, 0.3) is 0 Å². The summed E-state index contributed by atoms with van der Waals surface area (Å²) in [5.74, 6) is -4.79. The first-order chi connectivity index (χ1) is 4.04. The zero-order valence-electron chi connectivity index (χ0n) is 5.29. The van der Waals surface area contributed by atoms with E-state index >= 15 is 0 Å². The third kappa shape index (κ3) is 5.35. The zero-order chi connectivity index (χ0) is 7.44. The summed E-state index contributed by atoms with van der Waals surface area (Å²) < 4.78 is 0. The molecule has 0 amide bonds. The first kappa shape index (κ1) is 11.9. The van der Waals surface area contributed by atoms with Gasteiger partial charge in [-0.2, -0.15) is 0 Å². The number of carbonyl (C=O) groups excluding carboxylic acids is 2. The molecule has 0 aliphatic rings. The maximum absolute atomic E-state index is 9.93. The number of carboxylic acid groups (broad SMARTS) is 2. The first-order valence-electron chi connectivity index (χ1n) is 2.00. The Labute approximate surface area is 68.2 Å². The summed E-state index contributed by atoms with van der Waals surface area (Å²) >= 11 is 0. The molecule has 5 nitrogen and oxygen atoms in total. The Hall–Kier alpha value is -0.793. The minimum absolute atomic E-state index is 0. The molecule has 10 heavy (non-hydrogen) atoms. The fraction of sp³-hybridized carbons (Fsp3) is 0.250. The van der Waals surface area contributed by atoms with Gasteiger partial charge in [0.05, 0.1) is 6.42 Å². The van der Waals surface area contributed by atoms with Crippen LogP contribution in [0.5, 0.6) is 0 Å². The number of carboxylic acids is 2. The second-order valence-corrected chi connectivity index (χ2v) is 1.28. The van der Waals surface area contributed by atoms with Crippen LogP contribution in [0.2, 0.25) is 0 Å². The average molecular weight is 138 g/mol. The standard InChI is InChI=1S/C4H4O5.Li/c5-2(4(8)9)1-3(6)7;/h1H2,(H,6,7)(H,8,9);/q;+1/p-1. The molecule has 0 aliphatic heterocycles. The minimum atomic E-state index is -1.75. The number of Topliss-reactive ketones (excluding diaryl/α,β-unsaturated/α-hetero) is 1. The van der Waals surface area contributed by atoms with E-state index in [4.69, 9.17) is 5.11 Å². The molecule has 1 N–H and O–H groups in total. The second kappa shape index (κ2) is 5.03. The van der Waals surface area contributed by atoms with Gasteiger partial charge >= 0.3 is 24.8 Å². The van der Waals surface area contributed by atoms with Crippen molar-refractivity contribution in [2.45, 2.75) is 6.42 Å². The third-order valence-corrected chi connectivity index (χ3v) is 0.543. The summed E-state index contributed by atoms with van der Waals surface area (Å²) in [5, 5.41) is 17.3. The monoisotopic (exact) mass is 138 g/mol. The van der Waals surface area contributed by atoms with Crippen molar-refractivity contribution in [2.75, 3.05) is 0 Å². The van der Waals surface area contributed by atoms with Gasteiger partial charge in [0, 0.05) is 5.97 Å². The molecule has 0 rings (SSSR count). The molecule has 0 aromatic rings. The summed E-state index contributed by atoms with van der Waals surface area (Å²) in [5.41, 5.74) is 0. The normalized spacial score (nSPS) is 7.60. The average Bonchev–Trinajstić information content (AvgIpc) is 1.63. The molecule has 0 aromatic heterocycles. The van der Waals surface area contributed by atoms with Crippen molar-refractivity contribution >= 4 is 17.7 Å². The topological polar surface area (TPSA) is 94.5 Å². The Balaban J connectivity index is 0. The first-order valence-corrected chi connectivity index (χ1v) is 2.00. The van der Waals surface area contributed by atoms with Gasteiger partial charge in [-0.25, -0.2) is 4.79 Å². The molecule has 0 spiro atoms. The van der Waals surface area contributed by atoms with Gasteiger partial charge in [-0.3, -0.25) is 4.79 Å². The Kier molecular flexibility index (Phi) is 6.00. The molecule has 50 valence electrons. The van der Waals surface area contributed by atoms with Crippen molar-refractivity contribution in [3.05, 3.63) is 0 Å². The number of hydrogen-bond donors (Lipinski definition) is 1. The van der Waals surface area contributed by atoms with Crippen LogP contribution < -0.4 is 24.0 Å². The van der Waals surface area contributed by atoms with Crippen LogP contribution in [0, 0.1) is 0 Å². The van der Waals surface area contributed by atoms with Crippen LogP contribution in [0.25, 0.3) is 0 Å². The fourth-order valence-electron chi connectivity index (χ4n) is 0.207. The van der Waals surface area contributed by atoms with Gasteiger partial charge in [-0.1, -0.05) is 0 Å². The van der Waals surface area contributed by atoms with Crippen molar-refractivity contribution in [1.82, 2.24) is 0 Å². The van der Waals surface area contributed by atoms with Gasteiger partial charge in [0.15, 0.2) is 0 Å². The maximum atomic E-state index is 9.93. The van der Waals surface area contributed by atoms with Crippen LogP contribution >= 0.6 is 0 Å². The fourth-order valence-corrected chi connectivity index (χ4v) is 0.207. The minimum Gasteiger partial charge on any atom is -0.550 e. The van der Waals surface area contributed by atoms with E-state index in [1.807, 2.05) is 0 Å². The Morgan fingerprint density at radius 3 is 1.80 bits per heavy atom. The molecular formula is C4H3LiO5. The molecule has 0 unspecified atom stereocenters. The molecule has 0 fully saturated rings. The molecule has 0 heterocycles. The van der Waals surface area contributed by atoms with Crippen LogP contribution in [0.3, 0.4) is 0 Å². The Morgan fingerprint density at radius 1 is 1.30 bits per heavy atom. The van der Waals surface area contributed by atoms with Gasteiger partial charge in [0.1, 0.15) is 0 Å². The van der Waals surface area contributed by atoms with Crippen molar-refractivity contribution in [3.63, 3.8) is 0 Å². The van der Waals surface area contributed by atoms with Crippen LogP contribution in [0.15, 0.2) is 0 Å². The molecule has 0 radical (unpaired) electrons. The van der Waals surface area contributed by atoms with Gasteiger partial charge in [-0.15, -0.1) is 0 Å². The molecule has 0 saturated carbocycles. The van der Waals surface area contributed by atoms with Crippen LogP contribution in [0.1, 0.15) is 6.42 Å². The third-order valence-electron chi connectivity index (χ3n) is 0.543. The Morgan fingerprint density at radius 2 is 1.70 bits per heavy atom. The van der Waals surface area contributed by atoms with Gasteiger partial charge < -0.3 is 15.0 Å². The number of ketones is 1. The van der Waals surface area contributed by atoms with Gasteiger partial charge in [0.2, 0.25) is 5.78 Å². The number of aliphatic carboxylic acids is 2. The molecule has 0 bridgehead atoms. The molecule has 0 atom stereocenters. The van der Waals surface area contributed by atoms with Crippen molar-refractivity contribution < 1.29 is 43.5 Å². The van der Waals surface area contributed by atoms with Crippen molar-refractivity contribution in [2.24, 2.45) is 0 Å².